The smallest absolute Gasteiger partial charge is 0.248 e. The Morgan fingerprint density at radius 2 is 1.67 bits per heavy atom. The quantitative estimate of drug-likeness (QED) is 0.741. The van der Waals surface area contributed by atoms with Crippen molar-refractivity contribution >= 4 is 17.7 Å². The highest BCUT2D eigenvalue weighted by atomic mass is 16.2. The third-order valence-electron chi connectivity index (χ3n) is 8.10. The zero-order chi connectivity index (χ0) is 20.6. The van der Waals surface area contributed by atoms with E-state index in [1.807, 2.05) is 44.7 Å². The monoisotopic (exact) mass is 377 g/mol. The van der Waals surface area contributed by atoms with E-state index in [9.17, 15) is 14.4 Å². The van der Waals surface area contributed by atoms with Crippen LogP contribution >= 0.6 is 0 Å². The second-order valence-electron chi connectivity index (χ2n) is 10.6. The van der Waals surface area contributed by atoms with Gasteiger partial charge in [-0.2, -0.15) is 0 Å². The summed E-state index contributed by atoms with van der Waals surface area (Å²) >= 11 is 0. The van der Waals surface area contributed by atoms with E-state index in [0.29, 0.717) is 19.4 Å². The largest absolute Gasteiger partial charge is 0.345 e. The van der Waals surface area contributed by atoms with Gasteiger partial charge in [0.25, 0.3) is 0 Å². The number of hydrogen-bond acceptors (Lipinski definition) is 3. The summed E-state index contributed by atoms with van der Waals surface area (Å²) in [6.07, 6.45) is 1.77. The van der Waals surface area contributed by atoms with Gasteiger partial charge in [-0.05, 0) is 38.0 Å². The number of likely N-dealkylation sites (tertiary alicyclic amines) is 1. The first-order valence-electron chi connectivity index (χ1n) is 10.0. The lowest BCUT2D eigenvalue weighted by Crippen LogP contribution is -2.72. The molecule has 3 amide bonds. The normalized spacial score (nSPS) is 40.2. The minimum absolute atomic E-state index is 0.000298. The summed E-state index contributed by atoms with van der Waals surface area (Å²) in [5.41, 5.74) is -2.10. The lowest BCUT2D eigenvalue weighted by Gasteiger charge is -2.57. The highest BCUT2D eigenvalue weighted by Crippen LogP contribution is 2.54. The predicted octanol–water partition coefficient (Wildman–Crippen LogP) is 2.13. The summed E-state index contributed by atoms with van der Waals surface area (Å²) in [5, 5.41) is 0. The summed E-state index contributed by atoms with van der Waals surface area (Å²) in [6.45, 7) is 13.5. The van der Waals surface area contributed by atoms with E-state index in [0.717, 1.165) is 13.0 Å². The molecule has 3 fully saturated rings. The zero-order valence-electron chi connectivity index (χ0n) is 18.2. The topological polar surface area (TPSA) is 60.9 Å². The summed E-state index contributed by atoms with van der Waals surface area (Å²) in [5.74, 6) is 0.210. The first-order chi connectivity index (χ1) is 12.2. The van der Waals surface area contributed by atoms with E-state index in [1.54, 1.807) is 4.90 Å². The number of piperazine rings is 1. The molecule has 4 atom stereocenters. The van der Waals surface area contributed by atoms with Crippen molar-refractivity contribution in [3.63, 3.8) is 0 Å². The molecule has 27 heavy (non-hydrogen) atoms. The van der Waals surface area contributed by atoms with Crippen molar-refractivity contribution < 1.29 is 14.4 Å². The Bertz CT molecular complexity index is 699. The second-order valence-corrected chi connectivity index (χ2v) is 10.6. The fourth-order valence-electron chi connectivity index (χ4n) is 5.59. The Hall–Kier alpha value is -1.59. The number of fused-ring (bicyclic) bond motifs is 1. The van der Waals surface area contributed by atoms with Gasteiger partial charge in [-0.25, -0.2) is 0 Å². The molecule has 152 valence electrons. The van der Waals surface area contributed by atoms with Crippen molar-refractivity contribution in [2.24, 2.45) is 16.7 Å². The molecule has 0 saturated carbocycles. The molecule has 0 aromatic carbocycles. The molecule has 6 heteroatoms. The van der Waals surface area contributed by atoms with Crippen LogP contribution in [-0.4, -0.2) is 70.7 Å². The SMILES string of the molecule is C[C@H]1CC(=O)N2C[C@@](C)(C[C@@]3(C(C)(C)C)CCN(C)C3=O)N(C)C(=O)[C@@]12C. The summed E-state index contributed by atoms with van der Waals surface area (Å²) in [4.78, 5) is 44.7. The molecule has 0 spiro atoms. The Balaban J connectivity index is 2.02. The van der Waals surface area contributed by atoms with Crippen molar-refractivity contribution in [1.29, 1.82) is 0 Å². The van der Waals surface area contributed by atoms with Crippen LogP contribution in [0, 0.1) is 16.7 Å². The molecule has 6 nitrogen and oxygen atoms in total. The minimum Gasteiger partial charge on any atom is -0.345 e. The van der Waals surface area contributed by atoms with Crippen LogP contribution < -0.4 is 0 Å². The van der Waals surface area contributed by atoms with E-state index in [2.05, 4.69) is 20.8 Å². The average molecular weight is 378 g/mol. The molecule has 0 unspecified atom stereocenters. The third kappa shape index (κ3) is 2.47. The van der Waals surface area contributed by atoms with Crippen LogP contribution in [0.4, 0.5) is 0 Å². The van der Waals surface area contributed by atoms with Gasteiger partial charge in [0.05, 0.1) is 11.0 Å². The first-order valence-corrected chi connectivity index (χ1v) is 10.0. The van der Waals surface area contributed by atoms with E-state index in [-0.39, 0.29) is 29.1 Å². The van der Waals surface area contributed by atoms with Crippen LogP contribution in [0.3, 0.4) is 0 Å². The van der Waals surface area contributed by atoms with Crippen LogP contribution in [0.15, 0.2) is 0 Å². The van der Waals surface area contributed by atoms with Gasteiger partial charge in [-0.1, -0.05) is 27.7 Å². The van der Waals surface area contributed by atoms with Crippen molar-refractivity contribution in [3.8, 4) is 0 Å². The van der Waals surface area contributed by atoms with Gasteiger partial charge in [0.2, 0.25) is 17.7 Å². The van der Waals surface area contributed by atoms with Gasteiger partial charge < -0.3 is 14.7 Å². The molecule has 0 radical (unpaired) electrons. The van der Waals surface area contributed by atoms with Crippen LogP contribution in [0.1, 0.15) is 60.8 Å². The standard InChI is InChI=1S/C21H35N3O3/c1-14-11-15(25)24-13-19(5,23(8)16(26)20(14,24)6)12-21(18(2,3)4)9-10-22(7)17(21)27/h14H,9-13H2,1-8H3/t14-,19+,20+,21-/m0/s1. The van der Waals surface area contributed by atoms with E-state index in [4.69, 9.17) is 0 Å². The highest BCUT2D eigenvalue weighted by Gasteiger charge is 2.64. The maximum atomic E-state index is 13.4. The van der Waals surface area contributed by atoms with E-state index in [1.165, 1.54) is 0 Å². The first kappa shape index (κ1) is 20.2. The van der Waals surface area contributed by atoms with Crippen molar-refractivity contribution in [1.82, 2.24) is 14.7 Å². The van der Waals surface area contributed by atoms with Crippen LogP contribution in [-0.2, 0) is 14.4 Å². The fourth-order valence-corrected chi connectivity index (χ4v) is 5.59. The summed E-state index contributed by atoms with van der Waals surface area (Å²) in [6, 6.07) is 0. The van der Waals surface area contributed by atoms with Gasteiger partial charge in [0.15, 0.2) is 0 Å². The van der Waals surface area contributed by atoms with E-state index < -0.39 is 16.5 Å². The molecule has 3 heterocycles. The molecule has 0 aromatic heterocycles. The molecular formula is C21H35N3O3. The number of carbonyl (C=O) groups is 3. The van der Waals surface area contributed by atoms with Gasteiger partial charge in [0, 0.05) is 33.6 Å². The van der Waals surface area contributed by atoms with Crippen LogP contribution in [0.5, 0.6) is 0 Å². The zero-order valence-corrected chi connectivity index (χ0v) is 18.2. The lowest BCUT2D eigenvalue weighted by atomic mass is 9.59. The van der Waals surface area contributed by atoms with Gasteiger partial charge in [-0.3, -0.25) is 14.4 Å². The number of rotatable bonds is 2. The molecule has 3 saturated heterocycles. The van der Waals surface area contributed by atoms with Crippen LogP contribution in [0.25, 0.3) is 0 Å². The van der Waals surface area contributed by atoms with Crippen molar-refractivity contribution in [2.75, 3.05) is 27.2 Å². The van der Waals surface area contributed by atoms with Crippen molar-refractivity contribution in [3.05, 3.63) is 0 Å². The molecule has 0 aromatic rings. The summed E-state index contributed by atoms with van der Waals surface area (Å²) in [7, 11) is 3.70. The fraction of sp³-hybridized carbons (Fsp3) is 0.857. The maximum absolute atomic E-state index is 13.4. The van der Waals surface area contributed by atoms with Gasteiger partial charge in [0.1, 0.15) is 5.54 Å². The Morgan fingerprint density at radius 1 is 1.07 bits per heavy atom. The molecule has 3 aliphatic heterocycles. The number of nitrogens with zero attached hydrogens (tertiary/aromatic N) is 3. The van der Waals surface area contributed by atoms with E-state index >= 15 is 0 Å². The van der Waals surface area contributed by atoms with Crippen LogP contribution in [0.2, 0.25) is 0 Å². The Kier molecular flexibility index (Phi) is 4.26. The van der Waals surface area contributed by atoms with Gasteiger partial charge in [-0.15, -0.1) is 0 Å². The number of hydrogen-bond donors (Lipinski definition) is 0. The predicted molar refractivity (Wildman–Crippen MR) is 104 cm³/mol. The molecule has 0 aliphatic carbocycles. The number of likely N-dealkylation sites (N-methyl/N-ethyl adjacent to an activating group) is 1. The third-order valence-corrected chi connectivity index (χ3v) is 8.10. The number of carbonyl (C=O) groups excluding carboxylic acids is 3. The second kappa shape index (κ2) is 5.71. The lowest BCUT2D eigenvalue weighted by molar-refractivity contribution is -0.170. The maximum Gasteiger partial charge on any atom is 0.248 e. The highest BCUT2D eigenvalue weighted by molar-refractivity contribution is 5.96. The van der Waals surface area contributed by atoms with Gasteiger partial charge >= 0.3 is 0 Å². The molecular weight excluding hydrogens is 342 g/mol. The minimum atomic E-state index is -0.767. The molecule has 3 aliphatic rings. The average Bonchev–Trinajstić information content (AvgIpc) is 2.96. The van der Waals surface area contributed by atoms with Crippen molar-refractivity contribution in [2.45, 2.75) is 71.9 Å². The molecule has 0 N–H and O–H groups in total. The number of amides is 3. The molecule has 3 rings (SSSR count). The summed E-state index contributed by atoms with van der Waals surface area (Å²) < 4.78 is 0. The molecule has 0 bridgehead atoms. The Labute approximate surface area is 163 Å². The Morgan fingerprint density at radius 3 is 2.15 bits per heavy atom.